The summed E-state index contributed by atoms with van der Waals surface area (Å²) in [6, 6.07) is 18.4. The number of aromatic nitrogens is 2. The predicted molar refractivity (Wildman–Crippen MR) is 102 cm³/mol. The van der Waals surface area contributed by atoms with Crippen LogP contribution in [0.5, 0.6) is 0 Å². The Morgan fingerprint density at radius 1 is 1.08 bits per heavy atom. The predicted octanol–water partition coefficient (Wildman–Crippen LogP) is 5.05. The topological polar surface area (TPSA) is 53.1 Å². The van der Waals surface area contributed by atoms with Gasteiger partial charge in [-0.3, -0.25) is 5.43 Å². The van der Waals surface area contributed by atoms with Gasteiger partial charge >= 0.3 is 0 Å². The van der Waals surface area contributed by atoms with Crippen LogP contribution in [-0.2, 0) is 0 Å². The van der Waals surface area contributed by atoms with Gasteiger partial charge in [0.2, 0.25) is 5.13 Å². The van der Waals surface area contributed by atoms with Gasteiger partial charge in [-0.05, 0) is 13.0 Å². The molecule has 4 aromatic rings. The maximum absolute atomic E-state index is 4.65. The average Bonchev–Trinajstić information content (AvgIpc) is 3.20. The molecular weight excluding hydrogens is 316 g/mol. The summed E-state index contributed by atoms with van der Waals surface area (Å²) in [5, 5.41) is 6.29. The van der Waals surface area contributed by atoms with E-state index in [0.29, 0.717) is 0 Å². The van der Waals surface area contributed by atoms with Crippen LogP contribution in [0.15, 0.2) is 65.9 Å². The van der Waals surface area contributed by atoms with Gasteiger partial charge in [-0.2, -0.15) is 5.10 Å². The van der Waals surface area contributed by atoms with E-state index in [0.717, 1.165) is 32.9 Å². The fraction of sp³-hybridized carbons (Fsp3) is 0.0526. The zero-order valence-corrected chi connectivity index (χ0v) is 14.0. The molecule has 0 aliphatic heterocycles. The maximum atomic E-state index is 4.65. The van der Waals surface area contributed by atoms with Crippen LogP contribution in [0, 0.1) is 6.92 Å². The lowest BCUT2D eigenvalue weighted by atomic mass is 10.1. The third-order valence-corrected chi connectivity index (χ3v) is 4.70. The molecule has 0 atom stereocenters. The van der Waals surface area contributed by atoms with Crippen LogP contribution in [-0.4, -0.2) is 16.2 Å². The highest BCUT2D eigenvalue weighted by Gasteiger charge is 2.08. The Hall–Kier alpha value is -2.92. The molecule has 2 heterocycles. The summed E-state index contributed by atoms with van der Waals surface area (Å²) in [5.74, 6) is 0. The zero-order valence-electron chi connectivity index (χ0n) is 13.2. The minimum Gasteiger partial charge on any atom is -0.361 e. The molecule has 118 valence electrons. The van der Waals surface area contributed by atoms with Crippen LogP contribution in [0.2, 0.25) is 0 Å². The molecule has 24 heavy (non-hydrogen) atoms. The Kier molecular flexibility index (Phi) is 3.84. The van der Waals surface area contributed by atoms with Gasteiger partial charge in [-0.1, -0.05) is 48.5 Å². The number of para-hydroxylation sites is 1. The van der Waals surface area contributed by atoms with E-state index in [4.69, 9.17) is 0 Å². The molecule has 5 heteroatoms. The third kappa shape index (κ3) is 2.81. The molecule has 0 radical (unpaired) electrons. The van der Waals surface area contributed by atoms with E-state index in [2.05, 4.69) is 51.7 Å². The molecule has 0 fully saturated rings. The van der Waals surface area contributed by atoms with Crippen molar-refractivity contribution >= 4 is 33.6 Å². The first-order valence-corrected chi connectivity index (χ1v) is 8.51. The van der Waals surface area contributed by atoms with Crippen molar-refractivity contribution in [3.63, 3.8) is 0 Å². The van der Waals surface area contributed by atoms with Gasteiger partial charge < -0.3 is 4.98 Å². The monoisotopic (exact) mass is 332 g/mol. The molecule has 0 aliphatic rings. The number of thiazole rings is 1. The highest BCUT2D eigenvalue weighted by molar-refractivity contribution is 7.15. The first-order chi connectivity index (χ1) is 11.8. The van der Waals surface area contributed by atoms with Gasteiger partial charge in [0, 0.05) is 33.1 Å². The van der Waals surface area contributed by atoms with Crippen LogP contribution >= 0.6 is 11.3 Å². The molecular formula is C19H16N4S. The highest BCUT2D eigenvalue weighted by Crippen LogP contribution is 2.30. The number of hydrogen-bond donors (Lipinski definition) is 2. The fourth-order valence-electron chi connectivity index (χ4n) is 2.67. The summed E-state index contributed by atoms with van der Waals surface area (Å²) < 4.78 is 0. The van der Waals surface area contributed by atoms with E-state index in [1.807, 2.05) is 42.7 Å². The maximum Gasteiger partial charge on any atom is 0.204 e. The second kappa shape index (κ2) is 6.29. The minimum atomic E-state index is 0.794. The van der Waals surface area contributed by atoms with Gasteiger partial charge in [0.1, 0.15) is 0 Å². The molecule has 0 amide bonds. The number of aryl methyl sites for hydroxylation is 1. The molecule has 0 saturated heterocycles. The summed E-state index contributed by atoms with van der Waals surface area (Å²) >= 11 is 1.61. The van der Waals surface area contributed by atoms with Gasteiger partial charge in [-0.25, -0.2) is 4.98 Å². The number of H-pyrrole nitrogens is 1. The molecule has 4 rings (SSSR count). The third-order valence-electron chi connectivity index (χ3n) is 3.83. The first kappa shape index (κ1) is 14.7. The fourth-order valence-corrected chi connectivity index (χ4v) is 3.45. The van der Waals surface area contributed by atoms with Crippen molar-refractivity contribution in [2.24, 2.45) is 5.10 Å². The number of nitrogens with zero attached hydrogens (tertiary/aromatic N) is 2. The van der Waals surface area contributed by atoms with Crippen LogP contribution in [0.1, 0.15) is 10.4 Å². The second-order valence-corrected chi connectivity index (χ2v) is 6.65. The molecule has 0 bridgehead atoms. The number of rotatable bonds is 4. The summed E-state index contributed by atoms with van der Waals surface area (Å²) in [6.07, 6.45) is 3.77. The molecule has 0 saturated carbocycles. The lowest BCUT2D eigenvalue weighted by molar-refractivity contribution is 1.28. The normalized spacial score (nSPS) is 11.4. The number of anilines is 1. The summed E-state index contributed by atoms with van der Waals surface area (Å²) in [6.45, 7) is 2.08. The lowest BCUT2D eigenvalue weighted by Gasteiger charge is -1.96. The Morgan fingerprint density at radius 3 is 2.75 bits per heavy atom. The Bertz CT molecular complexity index is 999. The van der Waals surface area contributed by atoms with Crippen LogP contribution in [0.25, 0.3) is 22.2 Å². The molecule has 2 aromatic heterocycles. The van der Waals surface area contributed by atoms with Gasteiger partial charge in [0.05, 0.1) is 11.9 Å². The summed E-state index contributed by atoms with van der Waals surface area (Å²) in [4.78, 5) is 9.06. The largest absolute Gasteiger partial charge is 0.361 e. The van der Waals surface area contributed by atoms with E-state index in [1.54, 1.807) is 11.3 Å². The highest BCUT2D eigenvalue weighted by atomic mass is 32.1. The van der Waals surface area contributed by atoms with Gasteiger partial charge in [0.15, 0.2) is 0 Å². The lowest BCUT2D eigenvalue weighted by Crippen LogP contribution is -1.89. The van der Waals surface area contributed by atoms with Gasteiger partial charge in [-0.15, -0.1) is 11.3 Å². The van der Waals surface area contributed by atoms with Crippen LogP contribution in [0.4, 0.5) is 5.13 Å². The molecule has 0 aliphatic carbocycles. The minimum absolute atomic E-state index is 0.794. The molecule has 2 aromatic carbocycles. The number of hydrogen-bond acceptors (Lipinski definition) is 4. The molecule has 0 spiro atoms. The van der Waals surface area contributed by atoms with Crippen LogP contribution in [0.3, 0.4) is 0 Å². The Labute approximate surface area is 143 Å². The number of hydrazone groups is 1. The summed E-state index contributed by atoms with van der Waals surface area (Å²) in [7, 11) is 0. The number of aromatic amines is 1. The summed E-state index contributed by atoms with van der Waals surface area (Å²) in [5.41, 5.74) is 7.33. The van der Waals surface area contributed by atoms with Crippen molar-refractivity contribution in [1.29, 1.82) is 0 Å². The second-order valence-electron chi connectivity index (χ2n) is 5.45. The number of benzene rings is 2. The average molecular weight is 332 g/mol. The van der Waals surface area contributed by atoms with Crippen molar-refractivity contribution in [3.05, 3.63) is 71.2 Å². The van der Waals surface area contributed by atoms with E-state index in [-0.39, 0.29) is 0 Å². The molecule has 0 unspecified atom stereocenters. The van der Waals surface area contributed by atoms with Crippen molar-refractivity contribution in [2.45, 2.75) is 6.92 Å². The number of fused-ring (bicyclic) bond motifs is 1. The van der Waals surface area contributed by atoms with E-state index >= 15 is 0 Å². The van der Waals surface area contributed by atoms with Crippen molar-refractivity contribution in [3.8, 4) is 11.3 Å². The van der Waals surface area contributed by atoms with Crippen molar-refractivity contribution < 1.29 is 0 Å². The first-order valence-electron chi connectivity index (χ1n) is 7.69. The van der Waals surface area contributed by atoms with Crippen molar-refractivity contribution in [1.82, 2.24) is 9.97 Å². The van der Waals surface area contributed by atoms with Crippen LogP contribution < -0.4 is 5.43 Å². The zero-order chi connectivity index (χ0) is 16.4. The Morgan fingerprint density at radius 2 is 1.88 bits per heavy atom. The van der Waals surface area contributed by atoms with E-state index in [1.165, 1.54) is 4.88 Å². The molecule has 4 nitrogen and oxygen atoms in total. The van der Waals surface area contributed by atoms with Gasteiger partial charge in [0.25, 0.3) is 0 Å². The van der Waals surface area contributed by atoms with E-state index in [9.17, 15) is 0 Å². The number of nitrogens with one attached hydrogen (secondary N) is 2. The van der Waals surface area contributed by atoms with Crippen molar-refractivity contribution in [2.75, 3.05) is 5.43 Å². The quantitative estimate of drug-likeness (QED) is 0.406. The standard InChI is InChI=1S/C19H16N4S/c1-13-18(14-7-3-2-4-8-14)22-19(24-13)23-21-12-15-11-20-17-10-6-5-9-16(15)17/h2-12,20H,1H3,(H,22,23)/b21-12+. The smallest absolute Gasteiger partial charge is 0.204 e. The SMILES string of the molecule is Cc1sc(N/N=C/c2c[nH]c3ccccc23)nc1-c1ccccc1. The molecule has 2 N–H and O–H groups in total. The van der Waals surface area contributed by atoms with E-state index < -0.39 is 0 Å². The Balaban J connectivity index is 1.54.